The summed E-state index contributed by atoms with van der Waals surface area (Å²) in [5.74, 6) is 0.434. The normalized spacial score (nSPS) is 14.5. The number of aromatic nitrogens is 2. The Kier molecular flexibility index (Phi) is 9.20. The maximum atomic E-state index is 2.49. The van der Waals surface area contributed by atoms with Crippen molar-refractivity contribution in [3.63, 3.8) is 0 Å². The zero-order valence-electron chi connectivity index (χ0n) is 38.5. The van der Waals surface area contributed by atoms with E-state index in [9.17, 15) is 0 Å². The highest BCUT2D eigenvalue weighted by molar-refractivity contribution is 6.09. The van der Waals surface area contributed by atoms with Gasteiger partial charge in [-0.2, -0.15) is 0 Å². The minimum atomic E-state index is -0.259. The summed E-state index contributed by atoms with van der Waals surface area (Å²) in [7, 11) is 0. The number of allylic oxidation sites excluding steroid dienone is 1. The second-order valence-electron chi connectivity index (χ2n) is 19.0. The lowest BCUT2D eigenvalue weighted by molar-refractivity contribution is 0.660. The Hall–Kier alpha value is -8.34. The molecule has 0 saturated heterocycles. The van der Waals surface area contributed by atoms with E-state index in [2.05, 4.69) is 270 Å². The third kappa shape index (κ3) is 6.21. The van der Waals surface area contributed by atoms with E-state index in [1.807, 2.05) is 0 Å². The van der Waals surface area contributed by atoms with Gasteiger partial charge in [0.15, 0.2) is 0 Å². The number of nitrogens with zero attached hydrogens (tertiary/aromatic N) is 4. The predicted octanol–water partition coefficient (Wildman–Crippen LogP) is 17.5. The molecule has 4 heteroatoms. The fourth-order valence-electron chi connectivity index (χ4n) is 11.5. The van der Waals surface area contributed by atoms with Crippen LogP contribution in [0.4, 0.5) is 34.1 Å². The molecule has 326 valence electrons. The Bertz CT molecular complexity index is 3690. The largest absolute Gasteiger partial charge is 0.313 e. The average Bonchev–Trinajstić information content (AvgIpc) is 3.99. The van der Waals surface area contributed by atoms with Gasteiger partial charge < -0.3 is 18.9 Å². The van der Waals surface area contributed by atoms with Gasteiger partial charge in [-0.3, -0.25) is 0 Å². The van der Waals surface area contributed by atoms with Gasteiger partial charge in [-0.25, -0.2) is 0 Å². The van der Waals surface area contributed by atoms with Gasteiger partial charge in [-0.1, -0.05) is 136 Å². The van der Waals surface area contributed by atoms with E-state index in [1.165, 1.54) is 71.9 Å². The number of para-hydroxylation sites is 5. The van der Waals surface area contributed by atoms with Crippen LogP contribution < -0.4 is 9.80 Å². The van der Waals surface area contributed by atoms with Crippen LogP contribution in [0.15, 0.2) is 224 Å². The molecule has 0 spiro atoms. The molecule has 0 bridgehead atoms. The van der Waals surface area contributed by atoms with Crippen molar-refractivity contribution in [3.05, 3.63) is 247 Å². The molecule has 0 N–H and O–H groups in total. The summed E-state index contributed by atoms with van der Waals surface area (Å²) in [6.45, 7) is 7.13. The van der Waals surface area contributed by atoms with E-state index >= 15 is 0 Å². The minimum absolute atomic E-state index is 0.259. The van der Waals surface area contributed by atoms with Crippen LogP contribution in [0.3, 0.4) is 0 Å². The first-order valence-corrected chi connectivity index (χ1v) is 23.9. The Morgan fingerprint density at radius 2 is 0.809 bits per heavy atom. The third-order valence-corrected chi connectivity index (χ3v) is 14.7. The maximum Gasteiger partial charge on any atom is 0.0541 e. The molecule has 0 saturated carbocycles. The lowest BCUT2D eigenvalue weighted by Gasteiger charge is -2.29. The van der Waals surface area contributed by atoms with Crippen molar-refractivity contribution in [2.75, 3.05) is 9.80 Å². The molecular formula is C64H50N4. The highest BCUT2D eigenvalue weighted by Crippen LogP contribution is 2.53. The molecule has 1 unspecified atom stereocenters. The summed E-state index contributed by atoms with van der Waals surface area (Å²) < 4.78 is 4.87. The topological polar surface area (TPSA) is 16.3 Å². The molecule has 13 rings (SSSR count). The minimum Gasteiger partial charge on any atom is -0.313 e. The standard InChI is InChI=1S/C64H50N4/c1-43-17-16-25-57-56-24-12-15-28-62(56)68(63(43)57)49-35-31-47(32-36-49)66(45-20-8-5-9-21-45)51-38-40-53-52-39-37-50(41-58(52)64(2,3)59(53)42-51)65(44-18-6-4-7-19-44)46-29-33-48(34-30-46)67-60-26-13-10-22-54(60)55-23-11-14-27-61(55)67/h4-16,18-43H,17H2,1-3H3. The van der Waals surface area contributed by atoms with Gasteiger partial charge in [0.25, 0.3) is 0 Å². The van der Waals surface area contributed by atoms with Crippen LogP contribution in [0.5, 0.6) is 0 Å². The van der Waals surface area contributed by atoms with Gasteiger partial charge in [-0.05, 0) is 144 Å². The molecule has 0 aliphatic heterocycles. The van der Waals surface area contributed by atoms with Crippen LogP contribution in [0.1, 0.15) is 55.5 Å². The summed E-state index contributed by atoms with van der Waals surface area (Å²) in [4.78, 5) is 4.80. The molecule has 1 atom stereocenters. The van der Waals surface area contributed by atoms with Gasteiger partial charge >= 0.3 is 0 Å². The van der Waals surface area contributed by atoms with Crippen molar-refractivity contribution in [3.8, 4) is 22.5 Å². The van der Waals surface area contributed by atoms with Crippen molar-refractivity contribution in [2.24, 2.45) is 0 Å². The number of hydrogen-bond acceptors (Lipinski definition) is 2. The van der Waals surface area contributed by atoms with Crippen LogP contribution >= 0.6 is 0 Å². The molecule has 2 aromatic heterocycles. The Morgan fingerprint density at radius 1 is 0.412 bits per heavy atom. The molecule has 2 aliphatic carbocycles. The van der Waals surface area contributed by atoms with Crippen molar-refractivity contribution >= 4 is 72.9 Å². The number of rotatable bonds is 8. The predicted molar refractivity (Wildman–Crippen MR) is 287 cm³/mol. The monoisotopic (exact) mass is 874 g/mol. The van der Waals surface area contributed by atoms with Crippen molar-refractivity contribution in [1.29, 1.82) is 0 Å². The zero-order valence-corrected chi connectivity index (χ0v) is 38.5. The summed E-state index contributed by atoms with van der Waals surface area (Å²) in [6, 6.07) is 80.2. The van der Waals surface area contributed by atoms with Crippen molar-refractivity contribution in [1.82, 2.24) is 9.13 Å². The fraction of sp³-hybridized carbons (Fsp3) is 0.0938. The van der Waals surface area contributed by atoms with Crippen molar-refractivity contribution in [2.45, 2.75) is 38.5 Å². The van der Waals surface area contributed by atoms with Crippen molar-refractivity contribution < 1.29 is 0 Å². The molecule has 2 aliphatic rings. The van der Waals surface area contributed by atoms with E-state index in [0.717, 1.165) is 46.2 Å². The second kappa shape index (κ2) is 15.6. The zero-order chi connectivity index (χ0) is 45.5. The van der Waals surface area contributed by atoms with Crippen LogP contribution in [-0.4, -0.2) is 9.13 Å². The Morgan fingerprint density at radius 3 is 1.31 bits per heavy atom. The summed E-state index contributed by atoms with van der Waals surface area (Å²) in [6.07, 6.45) is 5.69. The summed E-state index contributed by atoms with van der Waals surface area (Å²) in [5, 5.41) is 3.84. The van der Waals surface area contributed by atoms with E-state index in [4.69, 9.17) is 0 Å². The molecular weight excluding hydrogens is 825 g/mol. The quantitative estimate of drug-likeness (QED) is 0.151. The molecule has 0 amide bonds. The number of fused-ring (bicyclic) bond motifs is 9. The van der Waals surface area contributed by atoms with Crippen LogP contribution in [0, 0.1) is 0 Å². The van der Waals surface area contributed by atoms with Crippen LogP contribution in [0.2, 0.25) is 0 Å². The maximum absolute atomic E-state index is 2.49. The van der Waals surface area contributed by atoms with Gasteiger partial charge in [0.05, 0.1) is 16.6 Å². The molecule has 9 aromatic carbocycles. The van der Waals surface area contributed by atoms with Gasteiger partial charge in [0.1, 0.15) is 0 Å². The SMILES string of the molecule is CC1CC=Cc2c1n(-c1ccc(N(c3ccccc3)c3ccc4c(c3)C(C)(C)c3cc(N(c5ccccc5)c5ccc(-n6c7ccccc7c7ccccc76)cc5)ccc3-4)cc1)c1ccccc21. The van der Waals surface area contributed by atoms with E-state index in [1.54, 1.807) is 0 Å². The van der Waals surface area contributed by atoms with E-state index in [0.29, 0.717) is 5.92 Å². The van der Waals surface area contributed by atoms with Crippen LogP contribution in [0.25, 0.3) is 61.3 Å². The first kappa shape index (κ1) is 40.0. The Labute approximate surface area is 397 Å². The molecule has 0 fully saturated rings. The first-order chi connectivity index (χ1) is 33.4. The van der Waals surface area contributed by atoms with Gasteiger partial charge in [0, 0.05) is 84.2 Å². The van der Waals surface area contributed by atoms with E-state index in [-0.39, 0.29) is 5.41 Å². The van der Waals surface area contributed by atoms with Crippen LogP contribution in [-0.2, 0) is 5.41 Å². The molecule has 0 radical (unpaired) electrons. The highest BCUT2D eigenvalue weighted by Gasteiger charge is 2.37. The van der Waals surface area contributed by atoms with E-state index < -0.39 is 0 Å². The summed E-state index contributed by atoms with van der Waals surface area (Å²) in [5.41, 5.74) is 20.5. The summed E-state index contributed by atoms with van der Waals surface area (Å²) >= 11 is 0. The molecule has 2 heterocycles. The number of benzene rings is 9. The number of hydrogen-bond donors (Lipinski definition) is 0. The van der Waals surface area contributed by atoms with Gasteiger partial charge in [0.2, 0.25) is 0 Å². The molecule has 11 aromatic rings. The first-order valence-electron chi connectivity index (χ1n) is 23.9. The average molecular weight is 875 g/mol. The highest BCUT2D eigenvalue weighted by atomic mass is 15.2. The second-order valence-corrected chi connectivity index (χ2v) is 19.0. The lowest BCUT2D eigenvalue weighted by Crippen LogP contribution is -2.17. The Balaban J connectivity index is 0.870. The lowest BCUT2D eigenvalue weighted by atomic mass is 9.82. The fourth-order valence-corrected chi connectivity index (χ4v) is 11.5. The smallest absolute Gasteiger partial charge is 0.0541 e. The number of anilines is 6. The van der Waals surface area contributed by atoms with Gasteiger partial charge in [-0.15, -0.1) is 0 Å². The third-order valence-electron chi connectivity index (χ3n) is 14.7. The molecule has 4 nitrogen and oxygen atoms in total. The molecule has 68 heavy (non-hydrogen) atoms.